The van der Waals surface area contributed by atoms with Crippen LogP contribution in [0.2, 0.25) is 5.02 Å². The van der Waals surface area contributed by atoms with Crippen molar-refractivity contribution in [1.82, 2.24) is 5.32 Å². The van der Waals surface area contributed by atoms with Gasteiger partial charge in [0.05, 0.1) is 6.61 Å². The summed E-state index contributed by atoms with van der Waals surface area (Å²) in [6, 6.07) is 8.85. The van der Waals surface area contributed by atoms with Gasteiger partial charge in [0.1, 0.15) is 0 Å². The fraction of sp³-hybridized carbons (Fsp3) is 0.571. The molecule has 1 heterocycles. The first-order valence-corrected chi connectivity index (χ1v) is 6.64. The van der Waals surface area contributed by atoms with E-state index in [1.165, 1.54) is 5.56 Å². The maximum absolute atomic E-state index is 6.00. The van der Waals surface area contributed by atoms with Gasteiger partial charge in [-0.05, 0) is 43.9 Å². The lowest BCUT2D eigenvalue weighted by Crippen LogP contribution is -2.35. The van der Waals surface area contributed by atoms with Gasteiger partial charge in [-0.2, -0.15) is 0 Å². The van der Waals surface area contributed by atoms with Crippen molar-refractivity contribution >= 4 is 11.6 Å². The van der Waals surface area contributed by atoms with Crippen molar-refractivity contribution in [3.63, 3.8) is 0 Å². The van der Waals surface area contributed by atoms with E-state index in [1.807, 2.05) is 18.2 Å². The molecule has 1 aromatic carbocycles. The maximum atomic E-state index is 6.00. The van der Waals surface area contributed by atoms with E-state index in [-0.39, 0.29) is 0 Å². The van der Waals surface area contributed by atoms with Gasteiger partial charge in [0.25, 0.3) is 0 Å². The molecule has 2 unspecified atom stereocenters. The number of nitrogens with one attached hydrogen (secondary N) is 1. The Morgan fingerprint density at radius 1 is 1.41 bits per heavy atom. The van der Waals surface area contributed by atoms with Crippen LogP contribution in [0, 0.1) is 5.92 Å². The molecule has 1 N–H and O–H groups in total. The van der Waals surface area contributed by atoms with Gasteiger partial charge >= 0.3 is 0 Å². The predicted octanol–water partition coefficient (Wildman–Crippen LogP) is 3.42. The Morgan fingerprint density at radius 3 is 2.88 bits per heavy atom. The Hall–Kier alpha value is -0.570. The monoisotopic (exact) mass is 253 g/mol. The molecular formula is C14H20ClNO. The summed E-state index contributed by atoms with van der Waals surface area (Å²) in [5, 5.41) is 4.43. The molecular weight excluding hydrogens is 234 g/mol. The third-order valence-electron chi connectivity index (χ3n) is 3.53. The Balaban J connectivity index is 1.93. The number of halogens is 1. The molecule has 1 aromatic rings. The third kappa shape index (κ3) is 3.44. The number of benzene rings is 1. The minimum atomic E-state index is 0.323. The molecule has 0 amide bonds. The van der Waals surface area contributed by atoms with Crippen LogP contribution in [0.15, 0.2) is 24.3 Å². The van der Waals surface area contributed by atoms with E-state index in [9.17, 15) is 0 Å². The topological polar surface area (TPSA) is 21.3 Å². The maximum Gasteiger partial charge on any atom is 0.0509 e. The van der Waals surface area contributed by atoms with Crippen LogP contribution in [0.5, 0.6) is 0 Å². The molecule has 2 rings (SSSR count). The van der Waals surface area contributed by atoms with Crippen molar-refractivity contribution in [2.45, 2.75) is 32.4 Å². The number of hydrogen-bond acceptors (Lipinski definition) is 2. The third-order valence-corrected chi connectivity index (χ3v) is 3.77. The first kappa shape index (κ1) is 12.9. The summed E-state index contributed by atoms with van der Waals surface area (Å²) in [5.41, 5.74) is 1.24. The largest absolute Gasteiger partial charge is 0.381 e. The van der Waals surface area contributed by atoms with Gasteiger partial charge in [-0.1, -0.05) is 23.7 Å². The number of rotatable bonds is 4. The molecule has 1 aliphatic rings. The summed E-state index contributed by atoms with van der Waals surface area (Å²) in [6.07, 6.45) is 1.16. The molecule has 1 aliphatic heterocycles. The molecule has 1 fully saturated rings. The van der Waals surface area contributed by atoms with Crippen LogP contribution in [0.1, 0.15) is 31.9 Å². The Labute approximate surface area is 108 Å². The van der Waals surface area contributed by atoms with Gasteiger partial charge in [-0.15, -0.1) is 0 Å². The number of hydrogen-bond donors (Lipinski definition) is 1. The fourth-order valence-electron chi connectivity index (χ4n) is 2.35. The van der Waals surface area contributed by atoms with E-state index in [4.69, 9.17) is 16.3 Å². The standard InChI is InChI=1S/C14H20ClNO/c1-10(12-4-3-5-14(15)8-12)16-11(2)13-6-7-17-9-13/h3-5,8,10-11,13,16H,6-7,9H2,1-2H3/t10-,11?,13?/m1/s1. The van der Waals surface area contributed by atoms with Crippen LogP contribution in [0.3, 0.4) is 0 Å². The number of ether oxygens (including phenoxy) is 1. The van der Waals surface area contributed by atoms with Gasteiger partial charge < -0.3 is 10.1 Å². The van der Waals surface area contributed by atoms with Crippen LogP contribution < -0.4 is 5.32 Å². The second-order valence-corrected chi connectivity index (χ2v) is 5.29. The zero-order chi connectivity index (χ0) is 12.3. The molecule has 94 valence electrons. The molecule has 0 aliphatic carbocycles. The Kier molecular flexibility index (Phi) is 4.43. The van der Waals surface area contributed by atoms with E-state index < -0.39 is 0 Å². The van der Waals surface area contributed by atoms with Gasteiger partial charge in [-0.3, -0.25) is 0 Å². The van der Waals surface area contributed by atoms with Gasteiger partial charge in [0.15, 0.2) is 0 Å². The highest BCUT2D eigenvalue weighted by atomic mass is 35.5. The molecule has 0 aromatic heterocycles. The lowest BCUT2D eigenvalue weighted by molar-refractivity contribution is 0.177. The summed E-state index contributed by atoms with van der Waals surface area (Å²) < 4.78 is 5.42. The van der Waals surface area contributed by atoms with Crippen LogP contribution in [0.25, 0.3) is 0 Å². The zero-order valence-corrected chi connectivity index (χ0v) is 11.2. The van der Waals surface area contributed by atoms with Gasteiger partial charge in [0, 0.05) is 23.7 Å². The molecule has 2 nitrogen and oxygen atoms in total. The molecule has 17 heavy (non-hydrogen) atoms. The lowest BCUT2D eigenvalue weighted by atomic mass is 9.98. The average Bonchev–Trinajstić information content (AvgIpc) is 2.82. The van der Waals surface area contributed by atoms with E-state index in [0.717, 1.165) is 24.7 Å². The summed E-state index contributed by atoms with van der Waals surface area (Å²) >= 11 is 6.00. The molecule has 0 bridgehead atoms. The predicted molar refractivity (Wildman–Crippen MR) is 71.4 cm³/mol. The highest BCUT2D eigenvalue weighted by molar-refractivity contribution is 6.30. The minimum absolute atomic E-state index is 0.323. The molecule has 1 saturated heterocycles. The quantitative estimate of drug-likeness (QED) is 0.888. The van der Waals surface area contributed by atoms with E-state index in [0.29, 0.717) is 18.0 Å². The summed E-state index contributed by atoms with van der Waals surface area (Å²) in [4.78, 5) is 0. The van der Waals surface area contributed by atoms with Crippen molar-refractivity contribution in [2.24, 2.45) is 5.92 Å². The van der Waals surface area contributed by atoms with Crippen molar-refractivity contribution in [3.8, 4) is 0 Å². The van der Waals surface area contributed by atoms with E-state index >= 15 is 0 Å². The van der Waals surface area contributed by atoms with Crippen LogP contribution in [-0.2, 0) is 4.74 Å². The molecule has 3 heteroatoms. The minimum Gasteiger partial charge on any atom is -0.381 e. The molecule has 3 atom stereocenters. The second kappa shape index (κ2) is 5.85. The fourth-order valence-corrected chi connectivity index (χ4v) is 2.55. The SMILES string of the molecule is CC(N[C@H](C)c1cccc(Cl)c1)C1CCOC1. The lowest BCUT2D eigenvalue weighted by Gasteiger charge is -2.24. The second-order valence-electron chi connectivity index (χ2n) is 4.86. The summed E-state index contributed by atoms with van der Waals surface area (Å²) in [5.74, 6) is 0.636. The van der Waals surface area contributed by atoms with Crippen molar-refractivity contribution in [1.29, 1.82) is 0 Å². The van der Waals surface area contributed by atoms with Crippen molar-refractivity contribution in [3.05, 3.63) is 34.9 Å². The smallest absolute Gasteiger partial charge is 0.0509 e. The van der Waals surface area contributed by atoms with Crippen LogP contribution >= 0.6 is 11.6 Å². The zero-order valence-electron chi connectivity index (χ0n) is 10.4. The van der Waals surface area contributed by atoms with Gasteiger partial charge in [-0.25, -0.2) is 0 Å². The Bertz CT molecular complexity index is 363. The first-order valence-electron chi connectivity index (χ1n) is 6.26. The molecule has 0 radical (unpaired) electrons. The van der Waals surface area contributed by atoms with E-state index in [1.54, 1.807) is 0 Å². The van der Waals surface area contributed by atoms with Crippen molar-refractivity contribution < 1.29 is 4.74 Å². The molecule has 0 saturated carbocycles. The van der Waals surface area contributed by atoms with E-state index in [2.05, 4.69) is 25.2 Å². The summed E-state index contributed by atoms with van der Waals surface area (Å²) in [6.45, 7) is 6.21. The first-order chi connectivity index (χ1) is 8.16. The Morgan fingerprint density at radius 2 is 2.24 bits per heavy atom. The highest BCUT2D eigenvalue weighted by Gasteiger charge is 2.23. The van der Waals surface area contributed by atoms with Gasteiger partial charge in [0.2, 0.25) is 0 Å². The molecule has 0 spiro atoms. The normalized spacial score (nSPS) is 23.6. The summed E-state index contributed by atoms with van der Waals surface area (Å²) in [7, 11) is 0. The van der Waals surface area contributed by atoms with Crippen LogP contribution in [0.4, 0.5) is 0 Å². The average molecular weight is 254 g/mol. The van der Waals surface area contributed by atoms with Crippen LogP contribution in [-0.4, -0.2) is 19.3 Å². The highest BCUT2D eigenvalue weighted by Crippen LogP contribution is 2.21. The van der Waals surface area contributed by atoms with Crippen molar-refractivity contribution in [2.75, 3.05) is 13.2 Å².